The standard InChI is InChI=1S/C18H14ClN3O2/c19-13-3-7-15(8-4-13)22-17(24)18(9-10-18)16(23)21-14-5-1-12(11-20)2-6-14/h1-8H,9-10H2,(H,21,23)(H,22,24). The third kappa shape index (κ3) is 3.24. The molecular weight excluding hydrogens is 326 g/mol. The van der Waals surface area contributed by atoms with E-state index in [-0.39, 0.29) is 11.8 Å². The average molecular weight is 340 g/mol. The predicted octanol–water partition coefficient (Wildman–Crippen LogP) is 3.57. The van der Waals surface area contributed by atoms with Crippen LogP contribution in [0, 0.1) is 16.7 Å². The van der Waals surface area contributed by atoms with E-state index in [2.05, 4.69) is 10.6 Å². The highest BCUT2D eigenvalue weighted by Gasteiger charge is 2.56. The molecule has 1 aliphatic carbocycles. The van der Waals surface area contributed by atoms with Crippen molar-refractivity contribution in [3.05, 3.63) is 59.1 Å². The van der Waals surface area contributed by atoms with Gasteiger partial charge in [-0.25, -0.2) is 0 Å². The van der Waals surface area contributed by atoms with Gasteiger partial charge in [-0.15, -0.1) is 0 Å². The van der Waals surface area contributed by atoms with Crippen LogP contribution in [0.25, 0.3) is 0 Å². The molecule has 2 N–H and O–H groups in total. The van der Waals surface area contributed by atoms with Crippen LogP contribution in [-0.4, -0.2) is 11.8 Å². The Morgan fingerprint density at radius 2 is 1.38 bits per heavy atom. The van der Waals surface area contributed by atoms with E-state index in [0.717, 1.165) is 0 Å². The van der Waals surface area contributed by atoms with Crippen LogP contribution < -0.4 is 10.6 Å². The summed E-state index contributed by atoms with van der Waals surface area (Å²) in [5.74, 6) is -0.658. The summed E-state index contributed by atoms with van der Waals surface area (Å²) >= 11 is 5.82. The molecule has 0 radical (unpaired) electrons. The summed E-state index contributed by atoms with van der Waals surface area (Å²) < 4.78 is 0. The van der Waals surface area contributed by atoms with Crippen LogP contribution in [0.3, 0.4) is 0 Å². The van der Waals surface area contributed by atoms with Gasteiger partial charge in [0, 0.05) is 16.4 Å². The summed E-state index contributed by atoms with van der Waals surface area (Å²) in [6, 6.07) is 15.3. The first-order valence-corrected chi connectivity index (χ1v) is 7.80. The van der Waals surface area contributed by atoms with Crippen LogP contribution in [0.1, 0.15) is 18.4 Å². The molecule has 0 aliphatic heterocycles. The van der Waals surface area contributed by atoms with E-state index in [0.29, 0.717) is 34.8 Å². The molecule has 24 heavy (non-hydrogen) atoms. The molecule has 0 saturated heterocycles. The van der Waals surface area contributed by atoms with Crippen molar-refractivity contribution >= 4 is 34.8 Å². The molecule has 1 saturated carbocycles. The quantitative estimate of drug-likeness (QED) is 0.835. The molecule has 1 aliphatic rings. The molecule has 0 aromatic heterocycles. The Hall–Kier alpha value is -2.84. The van der Waals surface area contributed by atoms with Crippen LogP contribution in [0.5, 0.6) is 0 Å². The van der Waals surface area contributed by atoms with Gasteiger partial charge in [-0.2, -0.15) is 5.26 Å². The molecule has 0 bridgehead atoms. The Morgan fingerprint density at radius 3 is 1.79 bits per heavy atom. The van der Waals surface area contributed by atoms with Gasteiger partial charge in [-0.3, -0.25) is 9.59 Å². The summed E-state index contributed by atoms with van der Waals surface area (Å²) in [7, 11) is 0. The SMILES string of the molecule is N#Cc1ccc(NC(=O)C2(C(=O)Nc3ccc(Cl)cc3)CC2)cc1. The fourth-order valence-corrected chi connectivity index (χ4v) is 2.47. The van der Waals surface area contributed by atoms with E-state index in [4.69, 9.17) is 16.9 Å². The van der Waals surface area contributed by atoms with Crippen molar-refractivity contribution in [1.82, 2.24) is 0 Å². The fraction of sp³-hybridized carbons (Fsp3) is 0.167. The zero-order valence-electron chi connectivity index (χ0n) is 12.7. The lowest BCUT2D eigenvalue weighted by Gasteiger charge is -2.15. The van der Waals surface area contributed by atoms with Gasteiger partial charge in [-0.05, 0) is 61.4 Å². The smallest absolute Gasteiger partial charge is 0.240 e. The highest BCUT2D eigenvalue weighted by Crippen LogP contribution is 2.47. The lowest BCUT2D eigenvalue weighted by atomic mass is 10.0. The van der Waals surface area contributed by atoms with Crippen molar-refractivity contribution < 1.29 is 9.59 Å². The number of hydrogen-bond acceptors (Lipinski definition) is 3. The lowest BCUT2D eigenvalue weighted by molar-refractivity contribution is -0.131. The molecule has 0 spiro atoms. The van der Waals surface area contributed by atoms with Crippen LogP contribution in [0.4, 0.5) is 11.4 Å². The van der Waals surface area contributed by atoms with E-state index in [1.54, 1.807) is 48.5 Å². The molecule has 2 amide bonds. The molecule has 0 atom stereocenters. The molecule has 6 heteroatoms. The Balaban J connectivity index is 1.68. The van der Waals surface area contributed by atoms with Gasteiger partial charge in [0.1, 0.15) is 5.41 Å². The molecule has 120 valence electrons. The van der Waals surface area contributed by atoms with Crippen molar-refractivity contribution in [2.24, 2.45) is 5.41 Å². The van der Waals surface area contributed by atoms with Gasteiger partial charge in [0.05, 0.1) is 11.6 Å². The molecule has 3 rings (SSSR count). The summed E-state index contributed by atoms with van der Waals surface area (Å²) in [6.07, 6.45) is 1.02. The number of hydrogen-bond donors (Lipinski definition) is 2. The number of nitriles is 1. The predicted molar refractivity (Wildman–Crippen MR) is 91.5 cm³/mol. The third-order valence-corrected chi connectivity index (χ3v) is 4.25. The van der Waals surface area contributed by atoms with Gasteiger partial charge < -0.3 is 10.6 Å². The number of nitrogens with one attached hydrogen (secondary N) is 2. The van der Waals surface area contributed by atoms with Gasteiger partial charge in [0.15, 0.2) is 0 Å². The Morgan fingerprint density at radius 1 is 0.917 bits per heavy atom. The minimum atomic E-state index is -1.03. The monoisotopic (exact) mass is 339 g/mol. The number of rotatable bonds is 4. The number of carbonyl (C=O) groups excluding carboxylic acids is 2. The zero-order valence-corrected chi connectivity index (χ0v) is 13.4. The second-order valence-electron chi connectivity index (χ2n) is 5.69. The fourth-order valence-electron chi connectivity index (χ4n) is 2.35. The Kier molecular flexibility index (Phi) is 4.24. The maximum absolute atomic E-state index is 12.5. The van der Waals surface area contributed by atoms with Crippen LogP contribution >= 0.6 is 11.6 Å². The summed E-state index contributed by atoms with van der Waals surface area (Å²) in [6.45, 7) is 0. The van der Waals surface area contributed by atoms with Crippen molar-refractivity contribution in [3.8, 4) is 6.07 Å². The van der Waals surface area contributed by atoms with Crippen LogP contribution in [0.2, 0.25) is 5.02 Å². The second-order valence-corrected chi connectivity index (χ2v) is 6.12. The molecule has 0 unspecified atom stereocenters. The second kappa shape index (κ2) is 6.34. The van der Waals surface area contributed by atoms with E-state index in [9.17, 15) is 9.59 Å². The largest absolute Gasteiger partial charge is 0.325 e. The van der Waals surface area contributed by atoms with Crippen molar-refractivity contribution in [1.29, 1.82) is 5.26 Å². The highest BCUT2D eigenvalue weighted by atomic mass is 35.5. The minimum Gasteiger partial charge on any atom is -0.325 e. The minimum absolute atomic E-state index is 0.323. The molecule has 2 aromatic rings. The van der Waals surface area contributed by atoms with Crippen LogP contribution in [-0.2, 0) is 9.59 Å². The number of benzene rings is 2. The first-order valence-electron chi connectivity index (χ1n) is 7.42. The molecule has 1 fully saturated rings. The van der Waals surface area contributed by atoms with E-state index >= 15 is 0 Å². The Bertz CT molecular complexity index is 819. The molecule has 0 heterocycles. The molecule has 5 nitrogen and oxygen atoms in total. The van der Waals surface area contributed by atoms with E-state index < -0.39 is 5.41 Å². The lowest BCUT2D eigenvalue weighted by Crippen LogP contribution is -2.35. The average Bonchev–Trinajstić information content (AvgIpc) is 3.39. The summed E-state index contributed by atoms with van der Waals surface area (Å²) in [5.41, 5.74) is 0.633. The highest BCUT2D eigenvalue weighted by molar-refractivity contribution is 6.30. The normalized spacial score (nSPS) is 14.3. The number of nitrogens with zero attached hydrogens (tertiary/aromatic N) is 1. The zero-order chi connectivity index (χ0) is 17.2. The number of anilines is 2. The van der Waals surface area contributed by atoms with Gasteiger partial charge >= 0.3 is 0 Å². The maximum atomic E-state index is 12.5. The third-order valence-electron chi connectivity index (χ3n) is 3.99. The summed E-state index contributed by atoms with van der Waals surface area (Å²) in [5, 5.41) is 14.9. The summed E-state index contributed by atoms with van der Waals surface area (Å²) in [4.78, 5) is 24.9. The maximum Gasteiger partial charge on any atom is 0.240 e. The molecule has 2 aromatic carbocycles. The van der Waals surface area contributed by atoms with Crippen molar-refractivity contribution in [3.63, 3.8) is 0 Å². The molecular formula is C18H14ClN3O2. The first kappa shape index (κ1) is 16.0. The first-order chi connectivity index (χ1) is 11.5. The number of halogens is 1. The van der Waals surface area contributed by atoms with Crippen LogP contribution in [0.15, 0.2) is 48.5 Å². The topological polar surface area (TPSA) is 82.0 Å². The van der Waals surface area contributed by atoms with Crippen molar-refractivity contribution in [2.75, 3.05) is 10.6 Å². The van der Waals surface area contributed by atoms with E-state index in [1.165, 1.54) is 0 Å². The van der Waals surface area contributed by atoms with Crippen molar-refractivity contribution in [2.45, 2.75) is 12.8 Å². The van der Waals surface area contributed by atoms with Gasteiger partial charge in [-0.1, -0.05) is 11.6 Å². The van der Waals surface area contributed by atoms with E-state index in [1.807, 2.05) is 6.07 Å². The Labute approximate surface area is 144 Å². The van der Waals surface area contributed by atoms with Gasteiger partial charge in [0.2, 0.25) is 11.8 Å². The van der Waals surface area contributed by atoms with Gasteiger partial charge in [0.25, 0.3) is 0 Å². The number of carbonyl (C=O) groups is 2. The number of amides is 2.